The van der Waals surface area contributed by atoms with Gasteiger partial charge in [0.25, 0.3) is 0 Å². The molecule has 0 aliphatic carbocycles. The number of nitrogens with two attached hydrogens (primary N) is 1. The topological polar surface area (TPSA) is 56.8 Å². The predicted molar refractivity (Wildman–Crippen MR) is 70.4 cm³/mol. The minimum Gasteiger partial charge on any atom is -0.494 e. The van der Waals surface area contributed by atoms with Gasteiger partial charge >= 0.3 is 0 Å². The zero-order chi connectivity index (χ0) is 12.7. The molecule has 4 heteroatoms. The van der Waals surface area contributed by atoms with E-state index in [1.54, 1.807) is 0 Å². The Morgan fingerprint density at radius 3 is 2.47 bits per heavy atom. The molecule has 2 N–H and O–H groups in total. The standard InChI is InChI=1S/C13H20N2O2/c1-4-13(14)15-11-9-10(16-5-2)7-8-12(11)17-6-3/h7-9H,4-6H2,1-3H3,(H2,14,15). The number of nitrogens with zero attached hydrogens (tertiary/aromatic N) is 1. The largest absolute Gasteiger partial charge is 0.494 e. The van der Waals surface area contributed by atoms with Gasteiger partial charge in [0.15, 0.2) is 0 Å². The summed E-state index contributed by atoms with van der Waals surface area (Å²) in [7, 11) is 0. The van der Waals surface area contributed by atoms with Gasteiger partial charge in [0.1, 0.15) is 17.2 Å². The van der Waals surface area contributed by atoms with Crippen molar-refractivity contribution in [3.8, 4) is 11.5 Å². The van der Waals surface area contributed by atoms with Crippen molar-refractivity contribution in [2.24, 2.45) is 10.7 Å². The Hall–Kier alpha value is -1.71. The number of benzene rings is 1. The van der Waals surface area contributed by atoms with Gasteiger partial charge in [-0.05, 0) is 26.0 Å². The summed E-state index contributed by atoms with van der Waals surface area (Å²) < 4.78 is 10.9. The zero-order valence-corrected chi connectivity index (χ0v) is 10.7. The highest BCUT2D eigenvalue weighted by Gasteiger charge is 2.05. The van der Waals surface area contributed by atoms with Gasteiger partial charge in [0, 0.05) is 12.5 Å². The van der Waals surface area contributed by atoms with E-state index in [4.69, 9.17) is 15.2 Å². The van der Waals surface area contributed by atoms with Crippen LogP contribution in [0.2, 0.25) is 0 Å². The maximum atomic E-state index is 5.75. The quantitative estimate of drug-likeness (QED) is 0.610. The second kappa shape index (κ2) is 6.78. The molecule has 0 aromatic heterocycles. The molecule has 0 amide bonds. The predicted octanol–water partition coefficient (Wildman–Crippen LogP) is 2.88. The van der Waals surface area contributed by atoms with E-state index in [0.29, 0.717) is 25.5 Å². The van der Waals surface area contributed by atoms with Gasteiger partial charge in [-0.3, -0.25) is 0 Å². The molecule has 0 fully saturated rings. The monoisotopic (exact) mass is 236 g/mol. The fourth-order valence-corrected chi connectivity index (χ4v) is 1.35. The highest BCUT2D eigenvalue weighted by molar-refractivity contribution is 5.83. The van der Waals surface area contributed by atoms with E-state index < -0.39 is 0 Å². The first-order chi connectivity index (χ1) is 8.21. The summed E-state index contributed by atoms with van der Waals surface area (Å²) >= 11 is 0. The molecule has 0 spiro atoms. The van der Waals surface area contributed by atoms with Crippen LogP contribution < -0.4 is 15.2 Å². The minimum atomic E-state index is 0.583. The summed E-state index contributed by atoms with van der Waals surface area (Å²) in [5, 5.41) is 0. The lowest BCUT2D eigenvalue weighted by atomic mass is 10.2. The van der Waals surface area contributed by atoms with Crippen molar-refractivity contribution in [2.75, 3.05) is 13.2 Å². The Morgan fingerprint density at radius 1 is 1.18 bits per heavy atom. The van der Waals surface area contributed by atoms with Gasteiger partial charge in [-0.15, -0.1) is 0 Å². The molecule has 0 atom stereocenters. The summed E-state index contributed by atoms with van der Waals surface area (Å²) in [5.41, 5.74) is 6.47. The molecule has 1 aromatic carbocycles. The molecule has 4 nitrogen and oxygen atoms in total. The Labute approximate surface area is 102 Å². The summed E-state index contributed by atoms with van der Waals surface area (Å²) in [6, 6.07) is 5.57. The summed E-state index contributed by atoms with van der Waals surface area (Å²) in [5.74, 6) is 2.09. The molecule has 94 valence electrons. The molecule has 0 aliphatic heterocycles. The number of ether oxygens (including phenoxy) is 2. The van der Waals surface area contributed by atoms with Gasteiger partial charge < -0.3 is 15.2 Å². The van der Waals surface area contributed by atoms with Crippen molar-refractivity contribution in [1.29, 1.82) is 0 Å². The third-order valence-electron chi connectivity index (χ3n) is 2.17. The molecule has 1 rings (SSSR count). The van der Waals surface area contributed by atoms with Crippen molar-refractivity contribution in [1.82, 2.24) is 0 Å². The number of amidine groups is 1. The first kappa shape index (κ1) is 13.4. The Morgan fingerprint density at radius 2 is 1.88 bits per heavy atom. The van der Waals surface area contributed by atoms with Gasteiger partial charge in [0.2, 0.25) is 0 Å². The van der Waals surface area contributed by atoms with Crippen LogP contribution in [0.15, 0.2) is 23.2 Å². The molecule has 0 unspecified atom stereocenters. The Kier molecular flexibility index (Phi) is 5.33. The third-order valence-corrected chi connectivity index (χ3v) is 2.17. The highest BCUT2D eigenvalue weighted by atomic mass is 16.5. The minimum absolute atomic E-state index is 0.583. The summed E-state index contributed by atoms with van der Waals surface area (Å²) in [6.07, 6.45) is 0.713. The van der Waals surface area contributed by atoms with Crippen LogP contribution in [0.3, 0.4) is 0 Å². The summed E-state index contributed by atoms with van der Waals surface area (Å²) in [4.78, 5) is 4.33. The lowest BCUT2D eigenvalue weighted by molar-refractivity contribution is 0.331. The number of hydrogen-bond acceptors (Lipinski definition) is 3. The zero-order valence-electron chi connectivity index (χ0n) is 10.7. The van der Waals surface area contributed by atoms with Crippen LogP contribution in [0.25, 0.3) is 0 Å². The van der Waals surface area contributed by atoms with Crippen molar-refractivity contribution in [2.45, 2.75) is 27.2 Å². The SMILES string of the molecule is CCOc1ccc(OCC)c(N=C(N)CC)c1. The fraction of sp³-hybridized carbons (Fsp3) is 0.462. The molecule has 0 aliphatic rings. The van der Waals surface area contributed by atoms with E-state index in [0.717, 1.165) is 17.2 Å². The molecule has 17 heavy (non-hydrogen) atoms. The van der Waals surface area contributed by atoms with E-state index in [1.165, 1.54) is 0 Å². The lowest BCUT2D eigenvalue weighted by Gasteiger charge is -2.10. The molecule has 0 saturated carbocycles. The second-order valence-electron chi connectivity index (χ2n) is 3.45. The van der Waals surface area contributed by atoms with E-state index >= 15 is 0 Å². The van der Waals surface area contributed by atoms with Crippen LogP contribution in [-0.2, 0) is 0 Å². The van der Waals surface area contributed by atoms with Gasteiger partial charge in [-0.1, -0.05) is 6.92 Å². The van der Waals surface area contributed by atoms with Gasteiger partial charge in [-0.2, -0.15) is 0 Å². The molecule has 0 radical (unpaired) electrons. The van der Waals surface area contributed by atoms with Crippen molar-refractivity contribution in [3.63, 3.8) is 0 Å². The average Bonchev–Trinajstić information content (AvgIpc) is 2.33. The van der Waals surface area contributed by atoms with Crippen LogP contribution in [-0.4, -0.2) is 19.0 Å². The molecular weight excluding hydrogens is 216 g/mol. The first-order valence-electron chi connectivity index (χ1n) is 5.93. The smallest absolute Gasteiger partial charge is 0.145 e. The normalized spacial score (nSPS) is 11.4. The number of rotatable bonds is 6. The van der Waals surface area contributed by atoms with Crippen molar-refractivity contribution >= 4 is 11.5 Å². The molecule has 0 bridgehead atoms. The van der Waals surface area contributed by atoms with E-state index in [1.807, 2.05) is 39.0 Å². The average molecular weight is 236 g/mol. The third kappa shape index (κ3) is 3.98. The van der Waals surface area contributed by atoms with Crippen molar-refractivity contribution < 1.29 is 9.47 Å². The van der Waals surface area contributed by atoms with Gasteiger partial charge in [0.05, 0.1) is 19.0 Å². The summed E-state index contributed by atoms with van der Waals surface area (Å²) in [6.45, 7) is 7.07. The maximum Gasteiger partial charge on any atom is 0.145 e. The lowest BCUT2D eigenvalue weighted by Crippen LogP contribution is -2.08. The van der Waals surface area contributed by atoms with Crippen LogP contribution in [0.4, 0.5) is 5.69 Å². The highest BCUT2D eigenvalue weighted by Crippen LogP contribution is 2.32. The van der Waals surface area contributed by atoms with Crippen molar-refractivity contribution in [3.05, 3.63) is 18.2 Å². The molecule has 0 heterocycles. The fourth-order valence-electron chi connectivity index (χ4n) is 1.35. The van der Waals surface area contributed by atoms with Crippen LogP contribution in [0.5, 0.6) is 11.5 Å². The number of hydrogen-bond donors (Lipinski definition) is 1. The molecule has 0 saturated heterocycles. The van der Waals surface area contributed by atoms with Crippen LogP contribution in [0.1, 0.15) is 27.2 Å². The Bertz CT molecular complexity index is 389. The van der Waals surface area contributed by atoms with E-state index in [9.17, 15) is 0 Å². The van der Waals surface area contributed by atoms with E-state index in [2.05, 4.69) is 4.99 Å². The first-order valence-corrected chi connectivity index (χ1v) is 5.93. The van der Waals surface area contributed by atoms with Crippen LogP contribution in [0, 0.1) is 0 Å². The van der Waals surface area contributed by atoms with Crippen LogP contribution >= 0.6 is 0 Å². The maximum absolute atomic E-state index is 5.75. The molecular formula is C13H20N2O2. The van der Waals surface area contributed by atoms with E-state index in [-0.39, 0.29) is 0 Å². The molecule has 1 aromatic rings. The second-order valence-corrected chi connectivity index (χ2v) is 3.45. The Balaban J connectivity index is 3.06. The number of aliphatic imine (C=N–C) groups is 1. The van der Waals surface area contributed by atoms with Gasteiger partial charge in [-0.25, -0.2) is 4.99 Å².